The van der Waals surface area contributed by atoms with E-state index in [0.29, 0.717) is 25.4 Å². The van der Waals surface area contributed by atoms with E-state index in [4.69, 9.17) is 52.8 Å². The van der Waals surface area contributed by atoms with Crippen molar-refractivity contribution in [1.82, 2.24) is 4.57 Å². The van der Waals surface area contributed by atoms with Crippen LogP contribution in [0.1, 0.15) is 10.4 Å². The van der Waals surface area contributed by atoms with E-state index in [-0.39, 0.29) is 17.1 Å². The molecule has 1 amide bonds. The van der Waals surface area contributed by atoms with Gasteiger partial charge in [-0.15, -0.1) is 6.42 Å². The quantitative estimate of drug-likeness (QED) is 0.481. The lowest BCUT2D eigenvalue weighted by Crippen LogP contribution is -2.16. The molecule has 0 saturated heterocycles. The van der Waals surface area contributed by atoms with Gasteiger partial charge in [-0.1, -0.05) is 63.7 Å². The Bertz CT molecular complexity index is 1110. The molecule has 0 fully saturated rings. The minimum Gasteiger partial charge on any atom is -0.303 e. The van der Waals surface area contributed by atoms with Crippen LogP contribution in [0.15, 0.2) is 35.3 Å². The third-order valence-corrected chi connectivity index (χ3v) is 5.73. The number of thiazole rings is 1. The molecule has 0 spiro atoms. The summed E-state index contributed by atoms with van der Waals surface area (Å²) in [5, 5.41) is 1.43. The van der Waals surface area contributed by atoms with Crippen LogP contribution in [0.4, 0.5) is 0 Å². The molecule has 0 saturated carbocycles. The van der Waals surface area contributed by atoms with Gasteiger partial charge < -0.3 is 4.57 Å². The molecule has 0 atom stereocenters. The summed E-state index contributed by atoms with van der Waals surface area (Å²) in [6.45, 7) is 0.195. The molecule has 0 aliphatic rings. The minimum atomic E-state index is -0.499. The first-order valence-corrected chi connectivity index (χ1v) is 9.20. The normalized spacial score (nSPS) is 11.7. The number of terminal acetylenes is 1. The van der Waals surface area contributed by atoms with E-state index < -0.39 is 5.91 Å². The fraction of sp³-hybridized carbons (Fsp3) is 0.0588. The molecule has 126 valence electrons. The van der Waals surface area contributed by atoms with E-state index >= 15 is 0 Å². The third-order valence-electron chi connectivity index (χ3n) is 3.34. The molecular weight excluding hydrogens is 422 g/mol. The molecule has 0 bridgehead atoms. The summed E-state index contributed by atoms with van der Waals surface area (Å²) < 4.78 is 2.49. The molecular formula is C17H8Cl4N2OS. The molecule has 1 heterocycles. The van der Waals surface area contributed by atoms with Gasteiger partial charge in [-0.25, -0.2) is 0 Å². The fourth-order valence-electron chi connectivity index (χ4n) is 2.24. The largest absolute Gasteiger partial charge is 0.303 e. The Morgan fingerprint density at radius 2 is 1.92 bits per heavy atom. The van der Waals surface area contributed by atoms with E-state index in [1.54, 1.807) is 22.8 Å². The van der Waals surface area contributed by atoms with Crippen LogP contribution in [-0.4, -0.2) is 10.5 Å². The summed E-state index contributed by atoms with van der Waals surface area (Å²) in [6.07, 6.45) is 5.45. The molecule has 0 N–H and O–H groups in total. The first kappa shape index (κ1) is 18.3. The molecule has 0 aliphatic carbocycles. The van der Waals surface area contributed by atoms with Crippen LogP contribution in [0.2, 0.25) is 20.1 Å². The number of carbonyl (C=O) groups is 1. The monoisotopic (exact) mass is 428 g/mol. The Morgan fingerprint density at radius 1 is 1.16 bits per heavy atom. The molecule has 3 aromatic rings. The summed E-state index contributed by atoms with van der Waals surface area (Å²) in [7, 11) is 0. The Kier molecular flexibility index (Phi) is 5.43. The number of halogens is 4. The van der Waals surface area contributed by atoms with Crippen molar-refractivity contribution in [2.45, 2.75) is 6.54 Å². The summed E-state index contributed by atoms with van der Waals surface area (Å²) in [6, 6.07) is 8.08. The third kappa shape index (κ3) is 3.57. The highest BCUT2D eigenvalue weighted by atomic mass is 35.5. The average Bonchev–Trinajstić information content (AvgIpc) is 2.89. The number of aromatic nitrogens is 1. The van der Waals surface area contributed by atoms with E-state index in [0.717, 1.165) is 4.70 Å². The molecule has 3 nitrogen and oxygen atoms in total. The summed E-state index contributed by atoms with van der Waals surface area (Å²) in [5.41, 5.74) is 0.894. The zero-order valence-corrected chi connectivity index (χ0v) is 16.2. The van der Waals surface area contributed by atoms with E-state index in [9.17, 15) is 4.79 Å². The summed E-state index contributed by atoms with van der Waals surface area (Å²) >= 11 is 25.6. The maximum atomic E-state index is 12.5. The molecule has 0 unspecified atom stereocenters. The lowest BCUT2D eigenvalue weighted by molar-refractivity contribution is 0.0998. The zero-order chi connectivity index (χ0) is 18.1. The fourth-order valence-corrected chi connectivity index (χ4v) is 4.24. The standard InChI is InChI=1S/C17H8Cl4N2OS/c1-2-7-23-15-13(6-5-11(19)14(15)21)25-17(23)22-16(24)10-4-3-9(18)8-12(10)20/h1,3-6,8H,7H2. The molecule has 8 heteroatoms. The van der Waals surface area contributed by atoms with Gasteiger partial charge in [0.05, 0.1) is 37.4 Å². The maximum absolute atomic E-state index is 12.5. The molecule has 2 aromatic carbocycles. The number of hydrogen-bond acceptors (Lipinski definition) is 2. The molecule has 25 heavy (non-hydrogen) atoms. The van der Waals surface area contributed by atoms with Crippen molar-refractivity contribution < 1.29 is 4.79 Å². The van der Waals surface area contributed by atoms with Crippen molar-refractivity contribution in [3.8, 4) is 12.3 Å². The van der Waals surface area contributed by atoms with Gasteiger partial charge in [-0.05, 0) is 30.3 Å². The molecule has 0 radical (unpaired) electrons. The first-order chi connectivity index (χ1) is 11.9. The number of nitrogens with zero attached hydrogens (tertiary/aromatic N) is 2. The number of benzene rings is 2. The van der Waals surface area contributed by atoms with Crippen LogP contribution in [0.25, 0.3) is 10.2 Å². The lowest BCUT2D eigenvalue weighted by Gasteiger charge is -2.03. The lowest BCUT2D eigenvalue weighted by atomic mass is 10.2. The van der Waals surface area contributed by atoms with Crippen molar-refractivity contribution in [2.24, 2.45) is 4.99 Å². The Morgan fingerprint density at radius 3 is 2.60 bits per heavy atom. The molecule has 3 rings (SSSR count). The number of fused-ring (bicyclic) bond motifs is 1. The van der Waals surface area contributed by atoms with Gasteiger partial charge in [0.2, 0.25) is 0 Å². The smallest absolute Gasteiger partial charge is 0.281 e. The Hall–Kier alpha value is -1.48. The van der Waals surface area contributed by atoms with Gasteiger partial charge in [-0.2, -0.15) is 4.99 Å². The number of amides is 1. The van der Waals surface area contributed by atoms with Gasteiger partial charge >= 0.3 is 0 Å². The predicted molar refractivity (Wildman–Crippen MR) is 105 cm³/mol. The minimum absolute atomic E-state index is 0.195. The molecule has 0 aliphatic heterocycles. The first-order valence-electron chi connectivity index (χ1n) is 6.87. The van der Waals surface area contributed by atoms with Crippen molar-refractivity contribution in [3.05, 3.63) is 60.8 Å². The molecule has 1 aromatic heterocycles. The SMILES string of the molecule is C#CCn1c(=NC(=O)c2ccc(Cl)cc2Cl)sc2ccc(Cl)c(Cl)c21. The summed E-state index contributed by atoms with van der Waals surface area (Å²) in [5.74, 6) is 2.04. The second kappa shape index (κ2) is 7.41. The van der Waals surface area contributed by atoms with Crippen molar-refractivity contribution >= 4 is 73.9 Å². The average molecular weight is 430 g/mol. The van der Waals surface area contributed by atoms with Crippen molar-refractivity contribution in [1.29, 1.82) is 0 Å². The zero-order valence-electron chi connectivity index (χ0n) is 12.4. The summed E-state index contributed by atoms with van der Waals surface area (Å²) in [4.78, 5) is 17.1. The van der Waals surface area contributed by atoms with Crippen LogP contribution in [0, 0.1) is 12.3 Å². The Balaban J connectivity index is 2.22. The van der Waals surface area contributed by atoms with Crippen LogP contribution in [0.3, 0.4) is 0 Å². The maximum Gasteiger partial charge on any atom is 0.281 e. The number of hydrogen-bond donors (Lipinski definition) is 0. The second-order valence-electron chi connectivity index (χ2n) is 4.92. The van der Waals surface area contributed by atoms with Gasteiger partial charge in [-0.3, -0.25) is 4.79 Å². The van der Waals surface area contributed by atoms with Gasteiger partial charge in [0.15, 0.2) is 4.80 Å². The van der Waals surface area contributed by atoms with Crippen LogP contribution >= 0.6 is 57.7 Å². The predicted octanol–water partition coefficient (Wildman–Crippen LogP) is 5.69. The second-order valence-corrected chi connectivity index (χ2v) is 7.56. The van der Waals surface area contributed by atoms with Gasteiger partial charge in [0, 0.05) is 5.02 Å². The Labute approximate surface area is 167 Å². The van der Waals surface area contributed by atoms with Crippen molar-refractivity contribution in [3.63, 3.8) is 0 Å². The van der Waals surface area contributed by atoms with Crippen LogP contribution in [0.5, 0.6) is 0 Å². The van der Waals surface area contributed by atoms with E-state index in [2.05, 4.69) is 10.9 Å². The number of carbonyl (C=O) groups excluding carboxylic acids is 1. The highest BCUT2D eigenvalue weighted by molar-refractivity contribution is 7.16. The van der Waals surface area contributed by atoms with Gasteiger partial charge in [0.1, 0.15) is 0 Å². The van der Waals surface area contributed by atoms with Gasteiger partial charge in [0.25, 0.3) is 5.91 Å². The highest BCUT2D eigenvalue weighted by Gasteiger charge is 2.15. The van der Waals surface area contributed by atoms with Crippen molar-refractivity contribution in [2.75, 3.05) is 0 Å². The van der Waals surface area contributed by atoms with E-state index in [1.807, 2.05) is 0 Å². The highest BCUT2D eigenvalue weighted by Crippen LogP contribution is 2.32. The van der Waals surface area contributed by atoms with Crippen LogP contribution < -0.4 is 4.80 Å². The van der Waals surface area contributed by atoms with E-state index in [1.165, 1.54) is 23.5 Å². The van der Waals surface area contributed by atoms with Crippen LogP contribution in [-0.2, 0) is 6.54 Å². The topological polar surface area (TPSA) is 34.4 Å². The number of rotatable bonds is 2.